The van der Waals surface area contributed by atoms with Crippen LogP contribution in [0.1, 0.15) is 37.9 Å². The zero-order valence-corrected chi connectivity index (χ0v) is 11.1. The number of nitrogens with zero attached hydrogens (tertiary/aromatic N) is 6. The minimum absolute atomic E-state index is 0.0899. The van der Waals surface area contributed by atoms with Gasteiger partial charge in [0, 0.05) is 0 Å². The number of hydrogen-bond acceptors (Lipinski definition) is 5. The maximum atomic E-state index is 8.62. The van der Waals surface area contributed by atoms with Gasteiger partial charge in [-0.05, 0) is 32.9 Å². The molecule has 2 aromatic rings. The highest BCUT2D eigenvalue weighted by molar-refractivity contribution is 5.65. The Bertz CT molecular complexity index is 624. The van der Waals surface area contributed by atoms with Gasteiger partial charge >= 0.3 is 0 Å². The molecule has 0 N–H and O–H groups in total. The summed E-state index contributed by atoms with van der Waals surface area (Å²) in [5.41, 5.74) is 1.63. The largest absolute Gasteiger partial charge is 0.252 e. The summed E-state index contributed by atoms with van der Waals surface area (Å²) in [6.07, 6.45) is 8.44. The molecule has 0 unspecified atom stereocenters. The summed E-state index contributed by atoms with van der Waals surface area (Å²) in [6.45, 7) is 6.17. The maximum Gasteiger partial charge on any atom is 0.158 e. The summed E-state index contributed by atoms with van der Waals surface area (Å²) in [5, 5.41) is 16.7. The molecule has 0 aromatic carbocycles. The van der Waals surface area contributed by atoms with Crippen molar-refractivity contribution < 1.29 is 0 Å². The molecule has 6 heteroatoms. The molecule has 0 amide bonds. The first kappa shape index (κ1) is 12.9. The van der Waals surface area contributed by atoms with E-state index in [4.69, 9.17) is 5.26 Å². The Hall–Kier alpha value is -2.55. The van der Waals surface area contributed by atoms with Gasteiger partial charge in [0.2, 0.25) is 0 Å². The maximum absolute atomic E-state index is 8.62. The number of nitriles is 1. The van der Waals surface area contributed by atoms with Gasteiger partial charge in [-0.25, -0.2) is 9.67 Å². The third-order valence-electron chi connectivity index (χ3n) is 2.41. The van der Waals surface area contributed by atoms with Gasteiger partial charge in [-0.1, -0.05) is 5.21 Å². The van der Waals surface area contributed by atoms with Crippen molar-refractivity contribution in [1.82, 2.24) is 25.0 Å². The van der Waals surface area contributed by atoms with E-state index in [1.54, 1.807) is 17.0 Å². The van der Waals surface area contributed by atoms with Gasteiger partial charge in [0.1, 0.15) is 11.8 Å². The summed E-state index contributed by atoms with van der Waals surface area (Å²) in [4.78, 5) is 8.03. The van der Waals surface area contributed by atoms with Gasteiger partial charge in [-0.3, -0.25) is 4.98 Å². The zero-order chi connectivity index (χ0) is 13.9. The predicted molar refractivity (Wildman–Crippen MR) is 70.7 cm³/mol. The fourth-order valence-corrected chi connectivity index (χ4v) is 1.33. The molecule has 0 atom stereocenters. The van der Waals surface area contributed by atoms with E-state index in [9.17, 15) is 0 Å². The van der Waals surface area contributed by atoms with Crippen molar-refractivity contribution in [3.05, 3.63) is 35.7 Å². The van der Waals surface area contributed by atoms with E-state index in [-0.39, 0.29) is 5.54 Å². The molecule has 0 bridgehead atoms. The highest BCUT2D eigenvalue weighted by Gasteiger charge is 2.13. The van der Waals surface area contributed by atoms with Crippen molar-refractivity contribution in [1.29, 1.82) is 5.26 Å². The lowest BCUT2D eigenvalue weighted by atomic mass is 10.1. The molecule has 0 aliphatic heterocycles. The van der Waals surface area contributed by atoms with Gasteiger partial charge in [0.15, 0.2) is 5.69 Å². The van der Waals surface area contributed by atoms with Crippen molar-refractivity contribution in [2.75, 3.05) is 0 Å². The van der Waals surface area contributed by atoms with E-state index < -0.39 is 0 Å². The van der Waals surface area contributed by atoms with Crippen molar-refractivity contribution in [2.45, 2.75) is 26.3 Å². The molecule has 0 fully saturated rings. The van der Waals surface area contributed by atoms with Crippen LogP contribution in [0, 0.1) is 11.3 Å². The molecule has 0 saturated heterocycles. The third kappa shape index (κ3) is 3.22. The summed E-state index contributed by atoms with van der Waals surface area (Å²) in [6, 6.07) is 1.92. The molecule has 96 valence electrons. The highest BCUT2D eigenvalue weighted by Crippen LogP contribution is 2.12. The Labute approximate surface area is 111 Å². The van der Waals surface area contributed by atoms with Crippen molar-refractivity contribution in [2.24, 2.45) is 0 Å². The van der Waals surface area contributed by atoms with Gasteiger partial charge in [-0.15, -0.1) is 5.10 Å². The van der Waals surface area contributed by atoms with Crippen LogP contribution in [0.5, 0.6) is 0 Å². The van der Waals surface area contributed by atoms with E-state index >= 15 is 0 Å². The van der Waals surface area contributed by atoms with Crippen LogP contribution in [0.15, 0.2) is 18.6 Å². The predicted octanol–water partition coefficient (Wildman–Crippen LogP) is 1.87. The monoisotopic (exact) mass is 254 g/mol. The van der Waals surface area contributed by atoms with Crippen LogP contribution in [0.3, 0.4) is 0 Å². The van der Waals surface area contributed by atoms with Crippen LogP contribution in [-0.4, -0.2) is 25.0 Å². The molecule has 0 radical (unpaired) electrons. The van der Waals surface area contributed by atoms with Crippen LogP contribution < -0.4 is 0 Å². The molecule has 6 nitrogen and oxygen atoms in total. The second-order valence-corrected chi connectivity index (χ2v) is 5.03. The van der Waals surface area contributed by atoms with Gasteiger partial charge in [0.05, 0.1) is 29.8 Å². The molecular weight excluding hydrogens is 240 g/mol. The molecule has 0 spiro atoms. The quantitative estimate of drug-likeness (QED) is 0.817. The van der Waals surface area contributed by atoms with E-state index in [0.29, 0.717) is 11.4 Å². The van der Waals surface area contributed by atoms with Crippen LogP contribution in [0.2, 0.25) is 0 Å². The van der Waals surface area contributed by atoms with E-state index in [2.05, 4.69) is 41.1 Å². The molecule has 0 aliphatic carbocycles. The molecular formula is C13H14N6. The van der Waals surface area contributed by atoms with Crippen LogP contribution in [-0.2, 0) is 5.54 Å². The summed E-state index contributed by atoms with van der Waals surface area (Å²) < 4.78 is 1.80. The number of rotatable bonds is 2. The normalized spacial score (nSPS) is 11.7. The molecule has 2 aromatic heterocycles. The Morgan fingerprint density at radius 2 is 1.89 bits per heavy atom. The average molecular weight is 254 g/mol. The van der Waals surface area contributed by atoms with E-state index in [1.807, 2.05) is 18.3 Å². The Kier molecular flexibility index (Phi) is 3.38. The van der Waals surface area contributed by atoms with Gasteiger partial charge < -0.3 is 0 Å². The van der Waals surface area contributed by atoms with E-state index in [1.165, 1.54) is 6.20 Å². The minimum Gasteiger partial charge on any atom is -0.252 e. The lowest BCUT2D eigenvalue weighted by molar-refractivity contribution is 0.347. The fourth-order valence-electron chi connectivity index (χ4n) is 1.33. The Morgan fingerprint density at radius 1 is 1.16 bits per heavy atom. The molecule has 2 rings (SSSR count). The first-order valence-electron chi connectivity index (χ1n) is 5.82. The topological polar surface area (TPSA) is 80.3 Å². The standard InChI is InChI=1S/C13H14N6/c1-13(2,3)19-9-11(17-18-19)5-4-10-7-16-12(6-14)8-15-10/h4-5,7-9H,1-3H3. The van der Waals surface area contributed by atoms with Crippen molar-refractivity contribution in [3.63, 3.8) is 0 Å². The lowest BCUT2D eigenvalue weighted by Crippen LogP contribution is -2.22. The molecule has 19 heavy (non-hydrogen) atoms. The Balaban J connectivity index is 2.14. The second kappa shape index (κ2) is 4.98. The van der Waals surface area contributed by atoms with E-state index in [0.717, 1.165) is 5.69 Å². The molecule has 0 aliphatic rings. The lowest BCUT2D eigenvalue weighted by Gasteiger charge is -2.17. The smallest absolute Gasteiger partial charge is 0.158 e. The summed E-state index contributed by atoms with van der Waals surface area (Å²) >= 11 is 0. The summed E-state index contributed by atoms with van der Waals surface area (Å²) in [7, 11) is 0. The molecule has 2 heterocycles. The first-order valence-corrected chi connectivity index (χ1v) is 5.82. The van der Waals surface area contributed by atoms with Crippen LogP contribution >= 0.6 is 0 Å². The zero-order valence-electron chi connectivity index (χ0n) is 11.1. The number of hydrogen-bond donors (Lipinski definition) is 0. The van der Waals surface area contributed by atoms with Crippen molar-refractivity contribution >= 4 is 12.2 Å². The SMILES string of the molecule is CC(C)(C)n1cc(C=Cc2cnc(C#N)cn2)nn1. The van der Waals surface area contributed by atoms with Gasteiger partial charge in [-0.2, -0.15) is 5.26 Å². The molecule has 0 saturated carbocycles. The number of aromatic nitrogens is 5. The fraction of sp³-hybridized carbons (Fsp3) is 0.308. The third-order valence-corrected chi connectivity index (χ3v) is 2.41. The van der Waals surface area contributed by atoms with Crippen LogP contribution in [0.25, 0.3) is 12.2 Å². The second-order valence-electron chi connectivity index (χ2n) is 5.03. The minimum atomic E-state index is -0.0899. The van der Waals surface area contributed by atoms with Gasteiger partial charge in [0.25, 0.3) is 0 Å². The Morgan fingerprint density at radius 3 is 2.42 bits per heavy atom. The highest BCUT2D eigenvalue weighted by atomic mass is 15.4. The average Bonchev–Trinajstić information content (AvgIpc) is 2.86. The first-order chi connectivity index (χ1) is 8.99. The van der Waals surface area contributed by atoms with Crippen LogP contribution in [0.4, 0.5) is 0 Å². The summed E-state index contributed by atoms with van der Waals surface area (Å²) in [5.74, 6) is 0. The van der Waals surface area contributed by atoms with Crippen molar-refractivity contribution in [3.8, 4) is 6.07 Å².